The molecule has 6 nitrogen and oxygen atoms in total. The van der Waals surface area contributed by atoms with E-state index in [1.54, 1.807) is 6.20 Å². The minimum atomic E-state index is -0.125. The molecule has 0 spiro atoms. The van der Waals surface area contributed by atoms with Crippen molar-refractivity contribution >= 4 is 11.8 Å². The maximum atomic E-state index is 12.5. The van der Waals surface area contributed by atoms with Gasteiger partial charge in [0.1, 0.15) is 5.82 Å². The summed E-state index contributed by atoms with van der Waals surface area (Å²) < 4.78 is 5.39. The molecule has 6 heteroatoms. The molecule has 1 aliphatic carbocycles. The second-order valence-electron chi connectivity index (χ2n) is 7.17. The van der Waals surface area contributed by atoms with Crippen LogP contribution in [0.1, 0.15) is 30.0 Å². The molecule has 1 unspecified atom stereocenters. The van der Waals surface area contributed by atoms with Crippen molar-refractivity contribution in [1.29, 1.82) is 0 Å². The molecular weight excluding hydrogens is 340 g/mol. The van der Waals surface area contributed by atoms with Gasteiger partial charge in [0.25, 0.3) is 0 Å². The van der Waals surface area contributed by atoms with Gasteiger partial charge >= 0.3 is 6.03 Å². The highest BCUT2D eigenvalue weighted by atomic mass is 16.5. The van der Waals surface area contributed by atoms with Gasteiger partial charge in [-0.2, -0.15) is 0 Å². The van der Waals surface area contributed by atoms with Crippen molar-refractivity contribution in [3.63, 3.8) is 0 Å². The third-order valence-corrected chi connectivity index (χ3v) is 5.14. The Balaban J connectivity index is 1.33. The summed E-state index contributed by atoms with van der Waals surface area (Å²) >= 11 is 0. The fourth-order valence-electron chi connectivity index (χ4n) is 3.47. The van der Waals surface area contributed by atoms with Crippen LogP contribution in [0.3, 0.4) is 0 Å². The molecule has 2 heterocycles. The number of nitrogens with zero attached hydrogens (tertiary/aromatic N) is 2. The summed E-state index contributed by atoms with van der Waals surface area (Å²) in [5.74, 6) is 1.49. The van der Waals surface area contributed by atoms with Crippen LogP contribution >= 0.6 is 0 Å². The number of nitrogens with one attached hydrogen (secondary N) is 2. The Morgan fingerprint density at radius 3 is 2.70 bits per heavy atom. The van der Waals surface area contributed by atoms with Crippen LogP contribution in [0, 0.1) is 5.92 Å². The molecule has 1 saturated heterocycles. The SMILES string of the molecule is O=C(NCc1ccnc(N2CCOCC2)c1)NC(c1ccccc1)C1CC1. The van der Waals surface area contributed by atoms with E-state index in [1.165, 1.54) is 18.4 Å². The van der Waals surface area contributed by atoms with Crippen molar-refractivity contribution in [1.82, 2.24) is 15.6 Å². The second kappa shape index (κ2) is 8.39. The minimum Gasteiger partial charge on any atom is -0.378 e. The fraction of sp³-hybridized carbons (Fsp3) is 0.429. The minimum absolute atomic E-state index is 0.0903. The summed E-state index contributed by atoms with van der Waals surface area (Å²) in [6.45, 7) is 3.65. The number of amides is 2. The van der Waals surface area contributed by atoms with Gasteiger partial charge in [-0.3, -0.25) is 0 Å². The molecule has 2 aromatic rings. The van der Waals surface area contributed by atoms with Gasteiger partial charge in [-0.05, 0) is 42.0 Å². The molecule has 0 radical (unpaired) electrons. The monoisotopic (exact) mass is 366 g/mol. The van der Waals surface area contributed by atoms with Gasteiger partial charge in [0, 0.05) is 25.8 Å². The van der Waals surface area contributed by atoms with Gasteiger partial charge < -0.3 is 20.3 Å². The quantitative estimate of drug-likeness (QED) is 0.825. The van der Waals surface area contributed by atoms with Crippen LogP contribution in [0.15, 0.2) is 48.7 Å². The Bertz CT molecular complexity index is 758. The highest BCUT2D eigenvalue weighted by molar-refractivity contribution is 5.74. The third kappa shape index (κ3) is 4.77. The average Bonchev–Trinajstić information content (AvgIpc) is 3.57. The number of hydrogen-bond acceptors (Lipinski definition) is 4. The second-order valence-corrected chi connectivity index (χ2v) is 7.17. The largest absolute Gasteiger partial charge is 0.378 e. The first kappa shape index (κ1) is 17.8. The smallest absolute Gasteiger partial charge is 0.315 e. The van der Waals surface area contributed by atoms with E-state index in [0.717, 1.165) is 37.7 Å². The zero-order valence-electron chi connectivity index (χ0n) is 15.4. The maximum Gasteiger partial charge on any atom is 0.315 e. The molecule has 142 valence electrons. The number of aromatic nitrogens is 1. The summed E-state index contributed by atoms with van der Waals surface area (Å²) in [6, 6.07) is 14.2. The predicted octanol–water partition coefficient (Wildman–Crippen LogP) is 2.87. The van der Waals surface area contributed by atoms with Crippen molar-refractivity contribution < 1.29 is 9.53 Å². The standard InChI is InChI=1S/C21H26N4O2/c26-21(24-20(18-6-7-18)17-4-2-1-3-5-17)23-15-16-8-9-22-19(14-16)25-10-12-27-13-11-25/h1-5,8-9,14,18,20H,6-7,10-13,15H2,(H2,23,24,26). The highest BCUT2D eigenvalue weighted by Crippen LogP contribution is 2.40. The van der Waals surface area contributed by atoms with Gasteiger partial charge in [-0.25, -0.2) is 9.78 Å². The van der Waals surface area contributed by atoms with Crippen molar-refractivity contribution in [3.05, 3.63) is 59.8 Å². The number of morpholine rings is 1. The molecule has 1 aliphatic heterocycles. The molecule has 2 N–H and O–H groups in total. The van der Waals surface area contributed by atoms with E-state index in [-0.39, 0.29) is 12.1 Å². The van der Waals surface area contributed by atoms with Gasteiger partial charge in [0.2, 0.25) is 0 Å². The molecule has 1 aromatic carbocycles. The van der Waals surface area contributed by atoms with Crippen LogP contribution in [0.25, 0.3) is 0 Å². The van der Waals surface area contributed by atoms with Crippen LogP contribution in [0.5, 0.6) is 0 Å². The van der Waals surface area contributed by atoms with E-state index >= 15 is 0 Å². The normalized spacial score (nSPS) is 18.0. The maximum absolute atomic E-state index is 12.5. The third-order valence-electron chi connectivity index (χ3n) is 5.14. The van der Waals surface area contributed by atoms with Crippen molar-refractivity contribution in [2.24, 2.45) is 5.92 Å². The molecule has 27 heavy (non-hydrogen) atoms. The summed E-state index contributed by atoms with van der Waals surface area (Å²) in [5.41, 5.74) is 2.22. The number of pyridine rings is 1. The number of benzene rings is 1. The summed E-state index contributed by atoms with van der Waals surface area (Å²) in [5, 5.41) is 6.14. The number of rotatable bonds is 6. The van der Waals surface area contributed by atoms with Crippen LogP contribution in [-0.2, 0) is 11.3 Å². The van der Waals surface area contributed by atoms with E-state index in [4.69, 9.17) is 4.74 Å². The van der Waals surface area contributed by atoms with Crippen LogP contribution in [-0.4, -0.2) is 37.3 Å². The lowest BCUT2D eigenvalue weighted by molar-refractivity contribution is 0.122. The van der Waals surface area contributed by atoms with E-state index in [0.29, 0.717) is 12.5 Å². The van der Waals surface area contributed by atoms with Gasteiger partial charge in [-0.1, -0.05) is 30.3 Å². The van der Waals surface area contributed by atoms with E-state index in [9.17, 15) is 4.79 Å². The number of urea groups is 1. The predicted molar refractivity (Wildman–Crippen MR) is 105 cm³/mol. The van der Waals surface area contributed by atoms with E-state index < -0.39 is 0 Å². The highest BCUT2D eigenvalue weighted by Gasteiger charge is 2.33. The number of hydrogen-bond donors (Lipinski definition) is 2. The molecule has 2 aliphatic rings. The van der Waals surface area contributed by atoms with Gasteiger partial charge in [0.15, 0.2) is 0 Å². The summed E-state index contributed by atoms with van der Waals surface area (Å²) in [4.78, 5) is 19.1. The molecule has 2 fully saturated rings. The number of anilines is 1. The van der Waals surface area contributed by atoms with Crippen molar-refractivity contribution in [3.8, 4) is 0 Å². The summed E-state index contributed by atoms with van der Waals surface area (Å²) in [7, 11) is 0. The summed E-state index contributed by atoms with van der Waals surface area (Å²) in [6.07, 6.45) is 4.15. The van der Waals surface area contributed by atoms with Crippen molar-refractivity contribution in [2.45, 2.75) is 25.4 Å². The van der Waals surface area contributed by atoms with Gasteiger partial charge in [-0.15, -0.1) is 0 Å². The molecule has 1 saturated carbocycles. The van der Waals surface area contributed by atoms with Crippen LogP contribution in [0.4, 0.5) is 10.6 Å². The zero-order chi connectivity index (χ0) is 18.5. The molecule has 4 rings (SSSR count). The number of carbonyl (C=O) groups is 1. The lowest BCUT2D eigenvalue weighted by atomic mass is 10.0. The topological polar surface area (TPSA) is 66.5 Å². The molecule has 1 aromatic heterocycles. The average molecular weight is 366 g/mol. The molecule has 1 atom stereocenters. The first-order chi connectivity index (χ1) is 13.3. The van der Waals surface area contributed by atoms with Crippen LogP contribution in [0.2, 0.25) is 0 Å². The Morgan fingerprint density at radius 2 is 1.96 bits per heavy atom. The fourth-order valence-corrected chi connectivity index (χ4v) is 3.47. The first-order valence-corrected chi connectivity index (χ1v) is 9.66. The van der Waals surface area contributed by atoms with Crippen LogP contribution < -0.4 is 15.5 Å². The van der Waals surface area contributed by atoms with E-state index in [2.05, 4.69) is 32.7 Å². The number of ether oxygens (including phenoxy) is 1. The first-order valence-electron chi connectivity index (χ1n) is 9.66. The van der Waals surface area contributed by atoms with Crippen molar-refractivity contribution in [2.75, 3.05) is 31.2 Å². The Morgan fingerprint density at radius 1 is 1.19 bits per heavy atom. The Labute approximate surface area is 159 Å². The Hall–Kier alpha value is -2.60. The zero-order valence-corrected chi connectivity index (χ0v) is 15.4. The lowest BCUT2D eigenvalue weighted by Gasteiger charge is -2.28. The van der Waals surface area contributed by atoms with Gasteiger partial charge in [0.05, 0.1) is 19.3 Å². The Kier molecular flexibility index (Phi) is 5.53. The molecular formula is C21H26N4O2. The molecule has 0 bridgehead atoms. The molecule has 2 amide bonds. The number of carbonyl (C=O) groups excluding carboxylic acids is 1. The van der Waals surface area contributed by atoms with E-state index in [1.807, 2.05) is 30.3 Å². The lowest BCUT2D eigenvalue weighted by Crippen LogP contribution is -2.38.